The number of hydrogen-bond donors (Lipinski definition) is 4. The van der Waals surface area contributed by atoms with Gasteiger partial charge in [0.15, 0.2) is 6.23 Å². The highest BCUT2D eigenvalue weighted by Gasteiger charge is 2.41. The summed E-state index contributed by atoms with van der Waals surface area (Å²) < 4.78 is 52.5. The molecule has 0 saturated heterocycles. The number of aromatic nitrogens is 2. The summed E-state index contributed by atoms with van der Waals surface area (Å²) in [6.45, 7) is 0.792. The summed E-state index contributed by atoms with van der Waals surface area (Å²) in [7, 11) is -15.1. The van der Waals surface area contributed by atoms with E-state index in [0.29, 0.717) is 0 Å². The molecule has 0 amide bonds. The molecule has 0 saturated carbocycles. The lowest BCUT2D eigenvalue weighted by atomic mass is 10.3. The fraction of sp³-hybridized carbons (Fsp3) is 0.455. The Labute approximate surface area is 162 Å². The van der Waals surface area contributed by atoms with Crippen LogP contribution in [-0.2, 0) is 38.6 Å². The molecule has 2 heterocycles. The maximum Gasteiger partial charge on any atom is 0.490 e. The zero-order valence-electron chi connectivity index (χ0n) is 14.8. The van der Waals surface area contributed by atoms with Crippen molar-refractivity contribution in [3.63, 3.8) is 0 Å². The topological polar surface area (TPSA) is 213 Å². The average molecular weight is 478 g/mol. The molecule has 0 bridgehead atoms. The van der Waals surface area contributed by atoms with Gasteiger partial charge < -0.3 is 24.3 Å². The molecule has 1 aromatic rings. The van der Waals surface area contributed by atoms with Gasteiger partial charge in [0.25, 0.3) is 5.56 Å². The number of aryl methyl sites for hydroxylation is 1. The molecule has 1 aliphatic rings. The van der Waals surface area contributed by atoms with E-state index in [0.717, 1.165) is 9.13 Å². The molecule has 0 aromatic carbocycles. The molecule has 2 unspecified atom stereocenters. The molecule has 4 atom stereocenters. The number of phosphoric acid groups is 3. The Kier molecular flexibility index (Phi) is 7.05. The van der Waals surface area contributed by atoms with Crippen LogP contribution in [0.3, 0.4) is 0 Å². The first-order valence-corrected chi connectivity index (χ1v) is 12.0. The third-order valence-corrected chi connectivity index (χ3v) is 7.18. The molecule has 0 fully saturated rings. The minimum absolute atomic E-state index is 0.265. The van der Waals surface area contributed by atoms with Crippen molar-refractivity contribution >= 4 is 23.5 Å². The second-order valence-electron chi connectivity index (χ2n) is 5.70. The van der Waals surface area contributed by atoms with Gasteiger partial charge in [0.2, 0.25) is 0 Å². The molecule has 0 aliphatic carbocycles. The van der Waals surface area contributed by atoms with Gasteiger partial charge in [-0.3, -0.25) is 18.5 Å². The summed E-state index contributed by atoms with van der Waals surface area (Å²) in [5.41, 5.74) is -0.901. The quantitative estimate of drug-likeness (QED) is 0.278. The van der Waals surface area contributed by atoms with E-state index in [1.54, 1.807) is 0 Å². The second kappa shape index (κ2) is 8.50. The van der Waals surface area contributed by atoms with Crippen LogP contribution in [0.4, 0.5) is 0 Å². The van der Waals surface area contributed by atoms with E-state index in [9.17, 15) is 28.2 Å². The highest BCUT2D eigenvalue weighted by atomic mass is 31.3. The fourth-order valence-corrected chi connectivity index (χ4v) is 5.27. The molecule has 15 nitrogen and oxygen atoms in total. The van der Waals surface area contributed by atoms with E-state index in [1.165, 1.54) is 32.3 Å². The van der Waals surface area contributed by atoms with Crippen molar-refractivity contribution in [2.24, 2.45) is 7.05 Å². The summed E-state index contributed by atoms with van der Waals surface area (Å²) in [6, 6.07) is 0. The van der Waals surface area contributed by atoms with Crippen molar-refractivity contribution in [1.82, 2.24) is 9.13 Å². The lowest BCUT2D eigenvalue weighted by molar-refractivity contribution is -0.0110. The van der Waals surface area contributed by atoms with Crippen molar-refractivity contribution in [2.45, 2.75) is 19.3 Å². The molecule has 0 radical (unpaired) electrons. The average Bonchev–Trinajstić information content (AvgIpc) is 3.00. The number of ether oxygens (including phenoxy) is 1. The third-order valence-electron chi connectivity index (χ3n) is 3.38. The third kappa shape index (κ3) is 6.64. The molecule has 29 heavy (non-hydrogen) atoms. The van der Waals surface area contributed by atoms with Crippen LogP contribution >= 0.6 is 23.5 Å². The van der Waals surface area contributed by atoms with Crippen LogP contribution in [-0.4, -0.2) is 41.4 Å². The Morgan fingerprint density at radius 3 is 2.28 bits per heavy atom. The zero-order chi connectivity index (χ0) is 22.2. The Morgan fingerprint density at radius 1 is 1.07 bits per heavy atom. The van der Waals surface area contributed by atoms with E-state index < -0.39 is 53.7 Å². The maximum absolute atomic E-state index is 12.2. The van der Waals surface area contributed by atoms with Crippen LogP contribution in [0.5, 0.6) is 0 Å². The van der Waals surface area contributed by atoms with E-state index in [1.807, 2.05) is 0 Å². The van der Waals surface area contributed by atoms with Crippen LogP contribution in [0, 0.1) is 6.92 Å². The predicted molar refractivity (Wildman–Crippen MR) is 93.5 cm³/mol. The van der Waals surface area contributed by atoms with E-state index >= 15 is 0 Å². The van der Waals surface area contributed by atoms with E-state index in [4.69, 9.17) is 19.4 Å². The van der Waals surface area contributed by atoms with Crippen molar-refractivity contribution in [2.75, 3.05) is 6.61 Å². The summed E-state index contributed by atoms with van der Waals surface area (Å²) in [5.74, 6) is 0. The van der Waals surface area contributed by atoms with Gasteiger partial charge in [-0.05, 0) is 13.0 Å². The second-order valence-corrected chi connectivity index (χ2v) is 10.1. The Morgan fingerprint density at radius 2 is 1.69 bits per heavy atom. The van der Waals surface area contributed by atoms with Crippen LogP contribution in [0.25, 0.3) is 0 Å². The highest BCUT2D eigenvalue weighted by Crippen LogP contribution is 2.66. The summed E-state index contributed by atoms with van der Waals surface area (Å²) in [4.78, 5) is 59.3. The first kappa shape index (κ1) is 24.1. The summed E-state index contributed by atoms with van der Waals surface area (Å²) in [6.07, 6.45) is 2.04. The van der Waals surface area contributed by atoms with Gasteiger partial charge in [-0.25, -0.2) is 18.5 Å². The van der Waals surface area contributed by atoms with E-state index in [2.05, 4.69) is 13.1 Å². The monoisotopic (exact) mass is 478 g/mol. The zero-order valence-corrected chi connectivity index (χ0v) is 17.5. The molecule has 1 aliphatic heterocycles. The van der Waals surface area contributed by atoms with Gasteiger partial charge in [-0.2, -0.15) is 8.62 Å². The number of hydrogen-bond acceptors (Lipinski definition) is 9. The Balaban J connectivity index is 2.01. The van der Waals surface area contributed by atoms with Gasteiger partial charge >= 0.3 is 29.2 Å². The maximum atomic E-state index is 12.2. The number of phosphoric ester groups is 1. The Bertz CT molecular complexity index is 1070. The minimum atomic E-state index is -5.62. The molecule has 0 spiro atoms. The van der Waals surface area contributed by atoms with Crippen LogP contribution < -0.4 is 11.2 Å². The van der Waals surface area contributed by atoms with E-state index in [-0.39, 0.29) is 5.56 Å². The summed E-state index contributed by atoms with van der Waals surface area (Å²) in [5, 5.41) is 0. The van der Waals surface area contributed by atoms with Crippen molar-refractivity contribution in [3.8, 4) is 0 Å². The van der Waals surface area contributed by atoms with Crippen molar-refractivity contribution in [1.29, 1.82) is 0 Å². The van der Waals surface area contributed by atoms with Crippen molar-refractivity contribution < 1.29 is 51.2 Å². The summed E-state index contributed by atoms with van der Waals surface area (Å²) >= 11 is 0. The minimum Gasteiger partial charge on any atom is -0.344 e. The van der Waals surface area contributed by atoms with Gasteiger partial charge in [0.05, 0.1) is 6.61 Å². The SMILES string of the molecule is Cc1cn([C@H]2C=C[C@@H](COP(=O)(O)OP(=O)(O)OP(=O)(O)O)O2)c(=O)n(C)c1=O. The molecular formula is C11H17N2O13P3. The van der Waals surface area contributed by atoms with Crippen LogP contribution in [0.2, 0.25) is 0 Å². The van der Waals surface area contributed by atoms with Crippen molar-refractivity contribution in [3.05, 3.63) is 44.8 Å². The van der Waals surface area contributed by atoms with Gasteiger partial charge in [0.1, 0.15) is 6.10 Å². The number of rotatable bonds is 8. The normalized spacial score (nSPS) is 23.7. The predicted octanol–water partition coefficient (Wildman–Crippen LogP) is -0.348. The standard InChI is InChI=1S/C11H17N2O13P3/c1-7-5-13(11(15)12(2)10(7)14)9-4-3-8(24-9)6-23-28(19,20)26-29(21,22)25-27(16,17)18/h3-5,8-9H,6H2,1-2H3,(H,19,20)(H,21,22)(H2,16,17,18)/t8-,9+/m0/s1. The lowest BCUT2D eigenvalue weighted by Gasteiger charge is -2.19. The molecule has 164 valence electrons. The highest BCUT2D eigenvalue weighted by molar-refractivity contribution is 7.66. The van der Waals surface area contributed by atoms with Crippen LogP contribution in [0.15, 0.2) is 27.9 Å². The molecule has 18 heteroatoms. The first-order valence-electron chi connectivity index (χ1n) is 7.51. The fourth-order valence-electron chi connectivity index (χ4n) is 2.24. The van der Waals surface area contributed by atoms with Gasteiger partial charge in [-0.1, -0.05) is 6.08 Å². The Hall–Kier alpha value is -1.21. The van der Waals surface area contributed by atoms with Gasteiger partial charge in [-0.15, -0.1) is 0 Å². The first-order chi connectivity index (χ1) is 13.1. The smallest absolute Gasteiger partial charge is 0.344 e. The molecule has 1 aromatic heterocycles. The molecular weight excluding hydrogens is 461 g/mol. The molecule has 2 rings (SSSR count). The largest absolute Gasteiger partial charge is 0.490 e. The lowest BCUT2D eigenvalue weighted by Crippen LogP contribution is -2.40. The van der Waals surface area contributed by atoms with Crippen LogP contribution in [0.1, 0.15) is 11.8 Å². The number of nitrogens with zero attached hydrogens (tertiary/aromatic N) is 2. The van der Waals surface area contributed by atoms with Gasteiger partial charge in [0, 0.05) is 18.8 Å². The molecule has 4 N–H and O–H groups in total.